The van der Waals surface area contributed by atoms with Crippen LogP contribution in [0.2, 0.25) is 0 Å². The molecule has 1 nitrogen and oxygen atoms in total. The largest absolute Gasteiger partial charge is 0.192 e. The predicted octanol–water partition coefficient (Wildman–Crippen LogP) is 3.60. The lowest BCUT2D eigenvalue weighted by molar-refractivity contribution is 1.48. The van der Waals surface area contributed by atoms with E-state index in [9.17, 15) is 0 Å². The normalized spacial score (nSPS) is 8.83. The van der Waals surface area contributed by atoms with Gasteiger partial charge in [-0.25, -0.2) is 0 Å². The highest BCUT2D eigenvalue weighted by Crippen LogP contribution is 2.05. The monoisotopic (exact) mass is 229 g/mol. The maximum Gasteiger partial charge on any atom is 0.0991 e. The standard InChI is InChI=1S/C17H11N/c1-2-14-3-5-15(6-4-14)7-8-16-9-11-17(13-18)12-10-16/h2-6,9-12H,1H2. The Morgan fingerprint density at radius 1 is 0.778 bits per heavy atom. The summed E-state index contributed by atoms with van der Waals surface area (Å²) in [5, 5.41) is 8.69. The van der Waals surface area contributed by atoms with Gasteiger partial charge in [0.15, 0.2) is 0 Å². The molecule has 0 unspecified atom stereocenters. The molecule has 18 heavy (non-hydrogen) atoms. The number of nitriles is 1. The molecule has 2 aromatic carbocycles. The smallest absolute Gasteiger partial charge is 0.0991 e. The summed E-state index contributed by atoms with van der Waals surface area (Å²) >= 11 is 0. The van der Waals surface area contributed by atoms with E-state index in [1.807, 2.05) is 36.4 Å². The van der Waals surface area contributed by atoms with E-state index in [0.29, 0.717) is 5.56 Å². The van der Waals surface area contributed by atoms with Crippen LogP contribution >= 0.6 is 0 Å². The topological polar surface area (TPSA) is 23.8 Å². The van der Waals surface area contributed by atoms with E-state index in [2.05, 4.69) is 24.5 Å². The van der Waals surface area contributed by atoms with Gasteiger partial charge in [-0.1, -0.05) is 36.6 Å². The summed E-state index contributed by atoms with van der Waals surface area (Å²) in [6.07, 6.45) is 1.80. The SMILES string of the molecule is C=Cc1ccc(C#Cc2ccc(C#N)cc2)cc1. The first-order valence-electron chi connectivity index (χ1n) is 5.56. The number of benzene rings is 2. The second-order valence-electron chi connectivity index (χ2n) is 3.77. The fourth-order valence-electron chi connectivity index (χ4n) is 1.47. The molecule has 0 radical (unpaired) electrons. The fraction of sp³-hybridized carbons (Fsp3) is 0. The summed E-state index contributed by atoms with van der Waals surface area (Å²) < 4.78 is 0. The minimum atomic E-state index is 0.649. The molecule has 2 rings (SSSR count). The van der Waals surface area contributed by atoms with Crippen molar-refractivity contribution in [1.82, 2.24) is 0 Å². The number of nitrogens with zero attached hydrogens (tertiary/aromatic N) is 1. The summed E-state index contributed by atoms with van der Waals surface area (Å²) in [5.41, 5.74) is 3.60. The third-order valence-corrected chi connectivity index (χ3v) is 2.51. The van der Waals surface area contributed by atoms with Crippen LogP contribution in [0, 0.1) is 23.2 Å². The number of rotatable bonds is 1. The van der Waals surface area contributed by atoms with Gasteiger partial charge < -0.3 is 0 Å². The Balaban J connectivity index is 2.20. The minimum absolute atomic E-state index is 0.649. The molecule has 0 saturated carbocycles. The Bertz CT molecular complexity index is 644. The summed E-state index contributed by atoms with van der Waals surface area (Å²) in [5.74, 6) is 6.15. The van der Waals surface area contributed by atoms with Crippen LogP contribution in [0.4, 0.5) is 0 Å². The summed E-state index contributed by atoms with van der Waals surface area (Å²) in [7, 11) is 0. The van der Waals surface area contributed by atoms with E-state index < -0.39 is 0 Å². The molecular weight excluding hydrogens is 218 g/mol. The van der Waals surface area contributed by atoms with Gasteiger partial charge in [0.25, 0.3) is 0 Å². The fourth-order valence-corrected chi connectivity index (χ4v) is 1.47. The second kappa shape index (κ2) is 5.53. The molecule has 0 N–H and O–H groups in total. The predicted molar refractivity (Wildman–Crippen MR) is 73.7 cm³/mol. The van der Waals surface area contributed by atoms with Gasteiger partial charge in [0.1, 0.15) is 0 Å². The van der Waals surface area contributed by atoms with Crippen LogP contribution in [0.15, 0.2) is 55.1 Å². The van der Waals surface area contributed by atoms with Crippen molar-refractivity contribution >= 4 is 6.08 Å². The van der Waals surface area contributed by atoms with Gasteiger partial charge >= 0.3 is 0 Å². The maximum atomic E-state index is 8.69. The minimum Gasteiger partial charge on any atom is -0.192 e. The first-order chi connectivity index (χ1) is 8.81. The Morgan fingerprint density at radius 3 is 1.67 bits per heavy atom. The molecule has 2 aromatic rings. The zero-order valence-electron chi connectivity index (χ0n) is 9.85. The lowest BCUT2D eigenvalue weighted by Crippen LogP contribution is -1.78. The van der Waals surface area contributed by atoms with Crippen LogP contribution in [0.1, 0.15) is 22.3 Å². The molecule has 0 aliphatic carbocycles. The van der Waals surface area contributed by atoms with Gasteiger partial charge in [-0.3, -0.25) is 0 Å². The van der Waals surface area contributed by atoms with Crippen LogP contribution in [0.25, 0.3) is 6.08 Å². The van der Waals surface area contributed by atoms with Gasteiger partial charge in [-0.05, 0) is 42.0 Å². The van der Waals surface area contributed by atoms with Crippen LogP contribution in [0.3, 0.4) is 0 Å². The molecule has 0 amide bonds. The molecule has 0 aliphatic rings. The van der Waals surface area contributed by atoms with Crippen molar-refractivity contribution in [2.75, 3.05) is 0 Å². The highest BCUT2D eigenvalue weighted by molar-refractivity contribution is 5.51. The highest BCUT2D eigenvalue weighted by atomic mass is 14.2. The lowest BCUT2D eigenvalue weighted by Gasteiger charge is -1.93. The van der Waals surface area contributed by atoms with Crippen LogP contribution in [-0.2, 0) is 0 Å². The van der Waals surface area contributed by atoms with Gasteiger partial charge in [-0.15, -0.1) is 0 Å². The molecule has 1 heteroatoms. The molecule has 0 spiro atoms. The van der Waals surface area contributed by atoms with Crippen molar-refractivity contribution in [3.05, 3.63) is 77.4 Å². The molecule has 0 atom stereocenters. The van der Waals surface area contributed by atoms with E-state index in [1.54, 1.807) is 18.2 Å². The van der Waals surface area contributed by atoms with E-state index >= 15 is 0 Å². The van der Waals surface area contributed by atoms with E-state index in [4.69, 9.17) is 5.26 Å². The maximum absolute atomic E-state index is 8.69. The quantitative estimate of drug-likeness (QED) is 0.685. The van der Waals surface area contributed by atoms with Gasteiger partial charge in [0.05, 0.1) is 11.6 Å². The molecule has 0 saturated heterocycles. The molecule has 0 aromatic heterocycles. The van der Waals surface area contributed by atoms with Gasteiger partial charge in [0.2, 0.25) is 0 Å². The van der Waals surface area contributed by atoms with Crippen LogP contribution in [-0.4, -0.2) is 0 Å². The van der Waals surface area contributed by atoms with Crippen molar-refractivity contribution < 1.29 is 0 Å². The van der Waals surface area contributed by atoms with Crippen LogP contribution in [0.5, 0.6) is 0 Å². The van der Waals surface area contributed by atoms with Crippen molar-refractivity contribution in [2.45, 2.75) is 0 Å². The highest BCUT2D eigenvalue weighted by Gasteiger charge is 1.90. The summed E-state index contributed by atoms with van der Waals surface area (Å²) in [4.78, 5) is 0. The third-order valence-electron chi connectivity index (χ3n) is 2.51. The number of hydrogen-bond acceptors (Lipinski definition) is 1. The number of hydrogen-bond donors (Lipinski definition) is 0. The Hall–Kier alpha value is -2.77. The van der Waals surface area contributed by atoms with Crippen molar-refractivity contribution in [3.8, 4) is 17.9 Å². The lowest BCUT2D eigenvalue weighted by atomic mass is 10.1. The summed E-state index contributed by atoms with van der Waals surface area (Å²) in [6, 6.07) is 17.2. The average Bonchev–Trinajstić information content (AvgIpc) is 2.46. The third kappa shape index (κ3) is 2.88. The molecular formula is C17H11N. The molecule has 0 aliphatic heterocycles. The Labute approximate surface area is 107 Å². The van der Waals surface area contributed by atoms with E-state index in [0.717, 1.165) is 16.7 Å². The van der Waals surface area contributed by atoms with E-state index in [1.165, 1.54) is 0 Å². The van der Waals surface area contributed by atoms with Gasteiger partial charge in [0, 0.05) is 11.1 Å². The second-order valence-corrected chi connectivity index (χ2v) is 3.77. The molecule has 0 bridgehead atoms. The summed E-state index contributed by atoms with van der Waals surface area (Å²) in [6.45, 7) is 3.71. The Morgan fingerprint density at radius 2 is 1.22 bits per heavy atom. The first kappa shape index (κ1) is 11.7. The van der Waals surface area contributed by atoms with Crippen molar-refractivity contribution in [2.24, 2.45) is 0 Å². The molecule has 0 fully saturated rings. The molecule has 84 valence electrons. The zero-order valence-corrected chi connectivity index (χ0v) is 9.85. The Kier molecular flexibility index (Phi) is 3.59. The average molecular weight is 229 g/mol. The van der Waals surface area contributed by atoms with E-state index in [-0.39, 0.29) is 0 Å². The van der Waals surface area contributed by atoms with Crippen LogP contribution < -0.4 is 0 Å². The van der Waals surface area contributed by atoms with Gasteiger partial charge in [-0.2, -0.15) is 5.26 Å². The zero-order chi connectivity index (χ0) is 12.8. The van der Waals surface area contributed by atoms with Crippen molar-refractivity contribution in [1.29, 1.82) is 5.26 Å². The molecule has 0 heterocycles. The van der Waals surface area contributed by atoms with Crippen molar-refractivity contribution in [3.63, 3.8) is 0 Å². The first-order valence-corrected chi connectivity index (χ1v) is 5.56.